The smallest absolute Gasteiger partial charge is 0.123 e. The predicted molar refractivity (Wildman–Crippen MR) is 60.2 cm³/mol. The SMILES string of the molecule is CCC1=C(Cl)c2cc(F)ccc2SC1. The van der Waals surface area contributed by atoms with Crippen molar-refractivity contribution in [2.45, 2.75) is 18.2 Å². The van der Waals surface area contributed by atoms with Gasteiger partial charge in [0.1, 0.15) is 5.82 Å². The molecule has 14 heavy (non-hydrogen) atoms. The van der Waals surface area contributed by atoms with Gasteiger partial charge < -0.3 is 0 Å². The maximum Gasteiger partial charge on any atom is 0.123 e. The van der Waals surface area contributed by atoms with E-state index < -0.39 is 0 Å². The second-order valence-corrected chi connectivity index (χ2v) is 4.60. The monoisotopic (exact) mass is 228 g/mol. The third-order valence-corrected chi connectivity index (χ3v) is 3.95. The van der Waals surface area contributed by atoms with Gasteiger partial charge in [0, 0.05) is 21.2 Å². The summed E-state index contributed by atoms with van der Waals surface area (Å²) in [5.74, 6) is 0.702. The van der Waals surface area contributed by atoms with E-state index in [9.17, 15) is 4.39 Å². The van der Waals surface area contributed by atoms with Crippen LogP contribution in [0.15, 0.2) is 28.7 Å². The van der Waals surface area contributed by atoms with Crippen LogP contribution in [0.4, 0.5) is 4.39 Å². The number of thioether (sulfide) groups is 1. The van der Waals surface area contributed by atoms with Gasteiger partial charge in [-0.15, -0.1) is 11.8 Å². The number of hydrogen-bond donors (Lipinski definition) is 0. The summed E-state index contributed by atoms with van der Waals surface area (Å²) in [7, 11) is 0. The molecule has 1 heterocycles. The number of fused-ring (bicyclic) bond motifs is 1. The summed E-state index contributed by atoms with van der Waals surface area (Å²) >= 11 is 7.91. The average Bonchev–Trinajstić information content (AvgIpc) is 2.20. The molecule has 0 atom stereocenters. The molecule has 0 saturated carbocycles. The van der Waals surface area contributed by atoms with E-state index in [2.05, 4.69) is 6.92 Å². The van der Waals surface area contributed by atoms with Gasteiger partial charge in [-0.05, 0) is 30.2 Å². The molecule has 1 aromatic rings. The maximum atomic E-state index is 13.0. The molecular weight excluding hydrogens is 219 g/mol. The van der Waals surface area contributed by atoms with Gasteiger partial charge >= 0.3 is 0 Å². The van der Waals surface area contributed by atoms with E-state index in [-0.39, 0.29) is 5.82 Å². The van der Waals surface area contributed by atoms with Crippen LogP contribution in [0.1, 0.15) is 18.9 Å². The molecule has 0 fully saturated rings. The standard InChI is InChI=1S/C11H10ClFS/c1-2-7-6-14-10-4-3-8(13)5-9(10)11(7)12/h3-5H,2,6H2,1H3. The average molecular weight is 229 g/mol. The van der Waals surface area contributed by atoms with Crippen molar-refractivity contribution in [1.82, 2.24) is 0 Å². The zero-order valence-electron chi connectivity index (χ0n) is 7.81. The minimum atomic E-state index is -0.222. The number of halogens is 2. The van der Waals surface area contributed by atoms with Gasteiger partial charge in [-0.2, -0.15) is 0 Å². The molecule has 0 bridgehead atoms. The Bertz CT molecular complexity index is 398. The molecule has 0 aliphatic carbocycles. The molecule has 1 aromatic carbocycles. The summed E-state index contributed by atoms with van der Waals surface area (Å²) < 4.78 is 13.0. The Morgan fingerprint density at radius 1 is 1.50 bits per heavy atom. The van der Waals surface area contributed by atoms with Crippen LogP contribution in [-0.4, -0.2) is 5.75 Å². The van der Waals surface area contributed by atoms with Crippen LogP contribution in [0.25, 0.3) is 5.03 Å². The minimum Gasteiger partial charge on any atom is -0.207 e. The lowest BCUT2D eigenvalue weighted by molar-refractivity contribution is 0.626. The summed E-state index contributed by atoms with van der Waals surface area (Å²) in [6, 6.07) is 4.79. The van der Waals surface area contributed by atoms with Crippen molar-refractivity contribution in [2.75, 3.05) is 5.75 Å². The van der Waals surface area contributed by atoms with Crippen LogP contribution in [-0.2, 0) is 0 Å². The van der Waals surface area contributed by atoms with Crippen molar-refractivity contribution in [3.63, 3.8) is 0 Å². The molecule has 1 aliphatic heterocycles. The topological polar surface area (TPSA) is 0 Å². The van der Waals surface area contributed by atoms with Gasteiger partial charge in [-0.1, -0.05) is 18.5 Å². The van der Waals surface area contributed by atoms with E-state index in [1.165, 1.54) is 17.7 Å². The molecule has 3 heteroatoms. The van der Waals surface area contributed by atoms with E-state index in [1.54, 1.807) is 17.8 Å². The van der Waals surface area contributed by atoms with E-state index in [0.29, 0.717) is 0 Å². The fourth-order valence-corrected chi connectivity index (χ4v) is 3.13. The zero-order valence-corrected chi connectivity index (χ0v) is 9.38. The highest BCUT2D eigenvalue weighted by Crippen LogP contribution is 2.40. The first kappa shape index (κ1) is 10.1. The normalized spacial score (nSPS) is 15.6. The van der Waals surface area contributed by atoms with Crippen LogP contribution >= 0.6 is 23.4 Å². The third-order valence-electron chi connectivity index (χ3n) is 2.32. The summed E-state index contributed by atoms with van der Waals surface area (Å²) in [5, 5.41) is 0.737. The Labute approximate surface area is 92.2 Å². The lowest BCUT2D eigenvalue weighted by Gasteiger charge is -2.18. The van der Waals surface area contributed by atoms with E-state index in [1.807, 2.05) is 0 Å². The highest BCUT2D eigenvalue weighted by atomic mass is 35.5. The molecule has 0 spiro atoms. The molecule has 0 amide bonds. The lowest BCUT2D eigenvalue weighted by Crippen LogP contribution is -1.99. The first-order valence-corrected chi connectivity index (χ1v) is 5.89. The van der Waals surface area contributed by atoms with Crippen molar-refractivity contribution >= 4 is 28.4 Å². The Morgan fingerprint density at radius 2 is 2.29 bits per heavy atom. The second kappa shape index (κ2) is 3.95. The maximum absolute atomic E-state index is 13.0. The fourth-order valence-electron chi connectivity index (χ4n) is 1.48. The molecule has 0 aromatic heterocycles. The highest BCUT2D eigenvalue weighted by molar-refractivity contribution is 7.99. The molecule has 0 nitrogen and oxygen atoms in total. The number of rotatable bonds is 1. The Balaban J connectivity index is 2.55. The molecule has 0 radical (unpaired) electrons. The van der Waals surface area contributed by atoms with E-state index in [4.69, 9.17) is 11.6 Å². The summed E-state index contributed by atoms with van der Waals surface area (Å²) in [6.45, 7) is 2.07. The first-order chi connectivity index (χ1) is 6.72. The first-order valence-electron chi connectivity index (χ1n) is 4.52. The van der Waals surface area contributed by atoms with Crippen molar-refractivity contribution in [3.8, 4) is 0 Å². The fraction of sp³-hybridized carbons (Fsp3) is 0.273. The molecule has 1 aliphatic rings. The number of benzene rings is 1. The Kier molecular flexibility index (Phi) is 2.84. The second-order valence-electron chi connectivity index (χ2n) is 3.20. The van der Waals surface area contributed by atoms with Crippen molar-refractivity contribution in [2.24, 2.45) is 0 Å². The molecule has 2 rings (SSSR count). The van der Waals surface area contributed by atoms with Gasteiger partial charge in [-0.25, -0.2) is 4.39 Å². The molecule has 0 N–H and O–H groups in total. The van der Waals surface area contributed by atoms with Gasteiger partial charge in [0.05, 0.1) is 0 Å². The third kappa shape index (κ3) is 1.69. The summed E-state index contributed by atoms with van der Waals surface area (Å²) in [4.78, 5) is 1.08. The molecule has 0 unspecified atom stereocenters. The van der Waals surface area contributed by atoms with E-state index >= 15 is 0 Å². The van der Waals surface area contributed by atoms with Crippen LogP contribution in [0.2, 0.25) is 0 Å². The Morgan fingerprint density at radius 3 is 3.00 bits per heavy atom. The highest BCUT2D eigenvalue weighted by Gasteiger charge is 2.17. The lowest BCUT2D eigenvalue weighted by atomic mass is 10.1. The van der Waals surface area contributed by atoms with Gasteiger partial charge in [0.2, 0.25) is 0 Å². The van der Waals surface area contributed by atoms with Crippen molar-refractivity contribution < 1.29 is 4.39 Å². The Hall–Kier alpha value is -0.470. The molecule has 0 saturated heterocycles. The quantitative estimate of drug-likeness (QED) is 0.691. The molecular formula is C11H10ClFS. The predicted octanol–water partition coefficient (Wildman–Crippen LogP) is 4.29. The van der Waals surface area contributed by atoms with Gasteiger partial charge in [0.15, 0.2) is 0 Å². The molecule has 74 valence electrons. The minimum absolute atomic E-state index is 0.222. The van der Waals surface area contributed by atoms with Crippen molar-refractivity contribution in [3.05, 3.63) is 35.2 Å². The van der Waals surface area contributed by atoms with Crippen LogP contribution < -0.4 is 0 Å². The zero-order chi connectivity index (χ0) is 10.1. The summed E-state index contributed by atoms with van der Waals surface area (Å²) in [5.41, 5.74) is 2.05. The summed E-state index contributed by atoms with van der Waals surface area (Å²) in [6.07, 6.45) is 0.932. The van der Waals surface area contributed by atoms with Crippen molar-refractivity contribution in [1.29, 1.82) is 0 Å². The largest absolute Gasteiger partial charge is 0.207 e. The van der Waals surface area contributed by atoms with E-state index in [0.717, 1.165) is 27.7 Å². The van der Waals surface area contributed by atoms with Gasteiger partial charge in [-0.3, -0.25) is 0 Å². The van der Waals surface area contributed by atoms with Gasteiger partial charge in [0.25, 0.3) is 0 Å². The van der Waals surface area contributed by atoms with Crippen LogP contribution in [0.3, 0.4) is 0 Å². The number of hydrogen-bond acceptors (Lipinski definition) is 1. The van der Waals surface area contributed by atoms with Crippen LogP contribution in [0.5, 0.6) is 0 Å². The van der Waals surface area contributed by atoms with Crippen LogP contribution in [0, 0.1) is 5.82 Å².